The second-order valence-electron chi connectivity index (χ2n) is 7.55. The topological polar surface area (TPSA) is 3.24 Å². The average Bonchev–Trinajstić information content (AvgIpc) is 2.64. The molecule has 0 aromatic heterocycles. The van der Waals surface area contributed by atoms with E-state index >= 15 is 0 Å². The second-order valence-corrected chi connectivity index (χ2v) is 7.55. The molecular weight excluding hydrogens is 302 g/mol. The molecule has 1 aliphatic rings. The zero-order valence-electron chi connectivity index (χ0n) is 14.9. The van der Waals surface area contributed by atoms with Crippen LogP contribution in [0.2, 0.25) is 0 Å². The fourth-order valence-corrected chi connectivity index (χ4v) is 4.57. The molecule has 1 nitrogen and oxygen atoms in total. The molecule has 0 N–H and O–H groups in total. The van der Waals surface area contributed by atoms with Crippen molar-refractivity contribution in [1.29, 1.82) is 0 Å². The summed E-state index contributed by atoms with van der Waals surface area (Å²) in [6, 6.07) is 26.5. The maximum Gasteiger partial charge on any atom is 0.0529 e. The Bertz CT molecular complexity index is 1140. The number of benzene rings is 4. The molecule has 1 aliphatic heterocycles. The van der Waals surface area contributed by atoms with Gasteiger partial charge in [0.2, 0.25) is 0 Å². The lowest BCUT2D eigenvalue weighted by Gasteiger charge is -2.42. The number of hydrogen-bond acceptors (Lipinski definition) is 1. The highest BCUT2D eigenvalue weighted by molar-refractivity contribution is 6.03. The van der Waals surface area contributed by atoms with Gasteiger partial charge in [-0.2, -0.15) is 0 Å². The van der Waals surface area contributed by atoms with Crippen LogP contribution >= 0.6 is 0 Å². The Kier molecular flexibility index (Phi) is 2.82. The minimum absolute atomic E-state index is 0.0396. The summed E-state index contributed by atoms with van der Waals surface area (Å²) >= 11 is 0. The van der Waals surface area contributed by atoms with Crippen molar-refractivity contribution >= 4 is 32.9 Å². The molecular formula is C24H21N. The van der Waals surface area contributed by atoms with E-state index in [9.17, 15) is 0 Å². The van der Waals surface area contributed by atoms with E-state index in [-0.39, 0.29) is 5.41 Å². The molecule has 0 amide bonds. The fourth-order valence-electron chi connectivity index (χ4n) is 4.57. The Morgan fingerprint density at radius 3 is 2.04 bits per heavy atom. The van der Waals surface area contributed by atoms with Crippen LogP contribution in [-0.4, -0.2) is 7.05 Å². The molecule has 4 aromatic carbocycles. The highest BCUT2D eigenvalue weighted by Crippen LogP contribution is 2.52. The minimum Gasteiger partial charge on any atom is -0.344 e. The molecule has 1 heterocycles. The largest absolute Gasteiger partial charge is 0.344 e. The summed E-state index contributed by atoms with van der Waals surface area (Å²) in [5.41, 5.74) is 5.44. The molecule has 0 atom stereocenters. The van der Waals surface area contributed by atoms with Crippen LogP contribution in [0.1, 0.15) is 25.0 Å². The van der Waals surface area contributed by atoms with E-state index in [4.69, 9.17) is 0 Å². The first kappa shape index (κ1) is 14.5. The van der Waals surface area contributed by atoms with Gasteiger partial charge in [-0.15, -0.1) is 0 Å². The number of nitrogens with zero attached hydrogens (tertiary/aromatic N) is 1. The first-order valence-electron chi connectivity index (χ1n) is 8.87. The Balaban J connectivity index is 1.93. The lowest BCUT2D eigenvalue weighted by Crippen LogP contribution is -2.31. The molecule has 0 bridgehead atoms. The predicted molar refractivity (Wildman–Crippen MR) is 108 cm³/mol. The summed E-state index contributed by atoms with van der Waals surface area (Å²) in [6.45, 7) is 4.72. The summed E-state index contributed by atoms with van der Waals surface area (Å²) in [6.07, 6.45) is 0. The molecule has 0 saturated heterocycles. The van der Waals surface area contributed by atoms with Crippen molar-refractivity contribution in [2.75, 3.05) is 11.9 Å². The number of rotatable bonds is 0. The normalized spacial score (nSPS) is 15.2. The fraction of sp³-hybridized carbons (Fsp3) is 0.167. The number of hydrogen-bond donors (Lipinski definition) is 0. The first-order chi connectivity index (χ1) is 12.1. The van der Waals surface area contributed by atoms with Crippen LogP contribution in [0.3, 0.4) is 0 Å². The van der Waals surface area contributed by atoms with Crippen LogP contribution in [0.15, 0.2) is 72.8 Å². The molecule has 4 aromatic rings. The van der Waals surface area contributed by atoms with E-state index in [0.29, 0.717) is 0 Å². The van der Waals surface area contributed by atoms with Crippen LogP contribution in [-0.2, 0) is 5.41 Å². The highest BCUT2D eigenvalue weighted by atomic mass is 15.1. The van der Waals surface area contributed by atoms with Crippen molar-refractivity contribution in [3.05, 3.63) is 83.9 Å². The van der Waals surface area contributed by atoms with Crippen LogP contribution < -0.4 is 4.90 Å². The van der Waals surface area contributed by atoms with Crippen LogP contribution in [0, 0.1) is 0 Å². The third kappa shape index (κ3) is 1.84. The number of anilines is 2. The van der Waals surface area contributed by atoms with Gasteiger partial charge in [0.05, 0.1) is 5.69 Å². The van der Waals surface area contributed by atoms with Gasteiger partial charge in [-0.25, -0.2) is 0 Å². The molecule has 25 heavy (non-hydrogen) atoms. The van der Waals surface area contributed by atoms with E-state index < -0.39 is 0 Å². The third-order valence-corrected chi connectivity index (χ3v) is 5.80. The van der Waals surface area contributed by atoms with E-state index in [1.165, 1.54) is 44.0 Å². The van der Waals surface area contributed by atoms with E-state index in [2.05, 4.69) is 98.6 Å². The molecule has 0 aliphatic carbocycles. The molecule has 0 unspecified atom stereocenters. The average molecular weight is 323 g/mol. The van der Waals surface area contributed by atoms with Crippen molar-refractivity contribution < 1.29 is 0 Å². The Hall–Kier alpha value is -2.80. The molecule has 0 saturated carbocycles. The van der Waals surface area contributed by atoms with Gasteiger partial charge >= 0.3 is 0 Å². The highest BCUT2D eigenvalue weighted by Gasteiger charge is 2.37. The van der Waals surface area contributed by atoms with Crippen molar-refractivity contribution in [2.45, 2.75) is 19.3 Å². The Morgan fingerprint density at radius 1 is 0.680 bits per heavy atom. The summed E-state index contributed by atoms with van der Waals surface area (Å²) in [4.78, 5) is 2.38. The molecule has 0 spiro atoms. The summed E-state index contributed by atoms with van der Waals surface area (Å²) in [5.74, 6) is 0. The van der Waals surface area contributed by atoms with Crippen molar-refractivity contribution in [1.82, 2.24) is 0 Å². The Morgan fingerprint density at radius 2 is 1.28 bits per heavy atom. The quantitative estimate of drug-likeness (QED) is 0.362. The smallest absolute Gasteiger partial charge is 0.0529 e. The first-order valence-corrected chi connectivity index (χ1v) is 8.87. The van der Waals surface area contributed by atoms with Crippen LogP contribution in [0.5, 0.6) is 0 Å². The summed E-state index contributed by atoms with van der Waals surface area (Å²) in [7, 11) is 2.20. The van der Waals surface area contributed by atoms with Crippen LogP contribution in [0.25, 0.3) is 21.5 Å². The lowest BCUT2D eigenvalue weighted by atomic mass is 9.71. The van der Waals surface area contributed by atoms with Gasteiger partial charge < -0.3 is 4.90 Å². The standard InChI is InChI=1S/C24H21N/c1-24(2)20-14-12-17-9-5-7-11-19(17)23(20)25(3)21-15-13-16-8-4-6-10-18(16)22(21)24/h4-15H,1-3H3. The zero-order valence-corrected chi connectivity index (χ0v) is 14.9. The third-order valence-electron chi connectivity index (χ3n) is 5.80. The minimum atomic E-state index is -0.0396. The van der Waals surface area contributed by atoms with Gasteiger partial charge in [-0.05, 0) is 33.4 Å². The van der Waals surface area contributed by atoms with Crippen molar-refractivity contribution in [3.8, 4) is 0 Å². The van der Waals surface area contributed by atoms with Gasteiger partial charge in [0, 0.05) is 23.5 Å². The van der Waals surface area contributed by atoms with Gasteiger partial charge in [0.1, 0.15) is 0 Å². The molecule has 5 rings (SSSR count). The van der Waals surface area contributed by atoms with Gasteiger partial charge in [0.15, 0.2) is 0 Å². The van der Waals surface area contributed by atoms with E-state index in [1.807, 2.05) is 0 Å². The lowest BCUT2D eigenvalue weighted by molar-refractivity contribution is 0.637. The number of fused-ring (bicyclic) bond motifs is 6. The van der Waals surface area contributed by atoms with Gasteiger partial charge in [-0.3, -0.25) is 0 Å². The maximum absolute atomic E-state index is 2.38. The summed E-state index contributed by atoms with van der Waals surface area (Å²) in [5, 5.41) is 5.30. The van der Waals surface area contributed by atoms with Crippen molar-refractivity contribution in [3.63, 3.8) is 0 Å². The SMILES string of the molecule is CN1c2ccc3ccccc3c2C(C)(C)c2ccc3ccccc3c21. The van der Waals surface area contributed by atoms with Gasteiger partial charge in [-0.1, -0.05) is 80.6 Å². The van der Waals surface area contributed by atoms with Crippen molar-refractivity contribution in [2.24, 2.45) is 0 Å². The van der Waals surface area contributed by atoms with Gasteiger partial charge in [0.25, 0.3) is 0 Å². The predicted octanol–water partition coefficient (Wildman–Crippen LogP) is 6.40. The van der Waals surface area contributed by atoms with E-state index in [1.54, 1.807) is 0 Å². The van der Waals surface area contributed by atoms with Crippen LogP contribution in [0.4, 0.5) is 11.4 Å². The molecule has 122 valence electrons. The Labute approximate surface area is 148 Å². The summed E-state index contributed by atoms with van der Waals surface area (Å²) < 4.78 is 0. The molecule has 1 heteroatoms. The van der Waals surface area contributed by atoms with E-state index in [0.717, 1.165) is 0 Å². The monoisotopic (exact) mass is 323 g/mol. The maximum atomic E-state index is 2.38. The second kappa shape index (κ2) is 4.86. The molecule has 0 radical (unpaired) electrons. The molecule has 0 fully saturated rings. The zero-order chi connectivity index (χ0) is 17.2.